The molecule has 3 heteroatoms. The standard InChI is InChI=1S/C43H31BN2/c1-43(2)35-21-13-23-39-40(35)44(37-26-29-25-24-28-14-9-10-19-32(28)34(29)27-36(37)43)42-41(45(39)30-15-5-3-6-16-30)33-20-11-12-22-38(33)46(42)31-17-7-4-8-18-31/h3-27H,1-2H3. The first kappa shape index (κ1) is 25.8. The SMILES string of the molecule is CC1(C)c2cc3c(ccc4ccccc43)cc2B2c3c(cccc31)N(c1ccccc1)c1c2n(-c2ccccc2)c2ccccc12. The number of benzene rings is 7. The lowest BCUT2D eigenvalue weighted by Gasteiger charge is -2.45. The molecule has 0 saturated carbocycles. The fourth-order valence-corrected chi connectivity index (χ4v) is 8.60. The third kappa shape index (κ3) is 3.32. The minimum Gasteiger partial charge on any atom is -0.319 e. The third-order valence-electron chi connectivity index (χ3n) is 10.6. The van der Waals surface area contributed by atoms with Crippen molar-refractivity contribution in [2.45, 2.75) is 19.3 Å². The first-order chi connectivity index (χ1) is 22.6. The molecule has 0 bridgehead atoms. The van der Waals surface area contributed by atoms with Crippen LogP contribution in [0.15, 0.2) is 152 Å². The Morgan fingerprint density at radius 1 is 0.522 bits per heavy atom. The smallest absolute Gasteiger partial charge is 0.268 e. The molecule has 0 amide bonds. The van der Waals surface area contributed by atoms with E-state index in [4.69, 9.17) is 0 Å². The van der Waals surface area contributed by atoms with E-state index in [0.29, 0.717) is 0 Å². The van der Waals surface area contributed by atoms with Crippen LogP contribution in [0.4, 0.5) is 17.1 Å². The second-order valence-electron chi connectivity index (χ2n) is 13.3. The molecule has 2 nitrogen and oxygen atoms in total. The summed E-state index contributed by atoms with van der Waals surface area (Å²) in [6.45, 7) is 4.90. The van der Waals surface area contributed by atoms with E-state index >= 15 is 0 Å². The number of rotatable bonds is 2. The van der Waals surface area contributed by atoms with Gasteiger partial charge in [-0.2, -0.15) is 0 Å². The van der Waals surface area contributed by atoms with E-state index in [2.05, 4.69) is 175 Å². The van der Waals surface area contributed by atoms with Crippen LogP contribution in [0, 0.1) is 0 Å². The van der Waals surface area contributed by atoms with Gasteiger partial charge in [-0.3, -0.25) is 0 Å². The van der Waals surface area contributed by atoms with Crippen molar-refractivity contribution in [2.24, 2.45) is 0 Å². The molecule has 0 N–H and O–H groups in total. The lowest BCUT2D eigenvalue weighted by Crippen LogP contribution is -2.65. The normalized spacial score (nSPS) is 14.4. The highest BCUT2D eigenvalue weighted by atomic mass is 15.2. The van der Waals surface area contributed by atoms with Gasteiger partial charge < -0.3 is 9.47 Å². The molecule has 0 saturated heterocycles. The minimum atomic E-state index is -0.189. The van der Waals surface area contributed by atoms with Gasteiger partial charge in [0.25, 0.3) is 6.71 Å². The molecule has 3 heterocycles. The summed E-state index contributed by atoms with van der Waals surface area (Å²) >= 11 is 0. The lowest BCUT2D eigenvalue weighted by atomic mass is 9.31. The zero-order valence-corrected chi connectivity index (χ0v) is 25.9. The maximum atomic E-state index is 2.54. The van der Waals surface area contributed by atoms with E-state index in [1.54, 1.807) is 0 Å². The predicted octanol–water partition coefficient (Wildman–Crippen LogP) is 8.88. The van der Waals surface area contributed by atoms with Gasteiger partial charge in [-0.25, -0.2) is 0 Å². The first-order valence-electron chi connectivity index (χ1n) is 16.2. The maximum Gasteiger partial charge on any atom is 0.268 e. The molecular formula is C43H31BN2. The van der Waals surface area contributed by atoms with Crippen molar-refractivity contribution in [3.8, 4) is 5.69 Å². The average molecular weight is 587 g/mol. The van der Waals surface area contributed by atoms with Gasteiger partial charge in [-0.15, -0.1) is 0 Å². The zero-order valence-electron chi connectivity index (χ0n) is 25.9. The Balaban J connectivity index is 1.40. The van der Waals surface area contributed by atoms with E-state index in [9.17, 15) is 0 Å². The summed E-state index contributed by atoms with van der Waals surface area (Å²) < 4.78 is 2.54. The summed E-state index contributed by atoms with van der Waals surface area (Å²) in [4.78, 5) is 2.53. The van der Waals surface area contributed by atoms with Crippen LogP contribution in [0.25, 0.3) is 38.1 Å². The molecule has 0 radical (unpaired) electrons. The highest BCUT2D eigenvalue weighted by Gasteiger charge is 2.48. The van der Waals surface area contributed by atoms with E-state index in [-0.39, 0.29) is 12.1 Å². The number of para-hydroxylation sites is 3. The third-order valence-corrected chi connectivity index (χ3v) is 10.6. The Bertz CT molecular complexity index is 2510. The average Bonchev–Trinajstić information content (AvgIpc) is 3.44. The summed E-state index contributed by atoms with van der Waals surface area (Å²) in [5, 5.41) is 6.49. The monoisotopic (exact) mass is 586 g/mol. The molecule has 7 aromatic carbocycles. The van der Waals surface area contributed by atoms with E-state index in [1.165, 1.54) is 82.8 Å². The second-order valence-corrected chi connectivity index (χ2v) is 13.3. The lowest BCUT2D eigenvalue weighted by molar-refractivity contribution is 0.647. The van der Waals surface area contributed by atoms with Crippen LogP contribution in [0.2, 0.25) is 0 Å². The Morgan fingerprint density at radius 2 is 1.20 bits per heavy atom. The van der Waals surface area contributed by atoms with Crippen LogP contribution < -0.4 is 21.4 Å². The van der Waals surface area contributed by atoms with Crippen LogP contribution in [0.5, 0.6) is 0 Å². The molecule has 0 atom stereocenters. The molecule has 10 rings (SSSR count). The van der Waals surface area contributed by atoms with E-state index < -0.39 is 0 Å². The van der Waals surface area contributed by atoms with Gasteiger partial charge in [-0.05, 0) is 74.5 Å². The minimum absolute atomic E-state index is 0.0627. The quantitative estimate of drug-likeness (QED) is 0.145. The van der Waals surface area contributed by atoms with Crippen molar-refractivity contribution in [3.05, 3.63) is 163 Å². The largest absolute Gasteiger partial charge is 0.319 e. The van der Waals surface area contributed by atoms with E-state index in [1.807, 2.05) is 0 Å². The van der Waals surface area contributed by atoms with Crippen molar-refractivity contribution in [2.75, 3.05) is 4.90 Å². The number of hydrogen-bond acceptors (Lipinski definition) is 1. The van der Waals surface area contributed by atoms with Crippen molar-refractivity contribution >= 4 is 72.7 Å². The Morgan fingerprint density at radius 3 is 2.00 bits per heavy atom. The van der Waals surface area contributed by atoms with Gasteiger partial charge in [0.05, 0.1) is 11.2 Å². The summed E-state index contributed by atoms with van der Waals surface area (Å²) in [6, 6.07) is 56.2. The molecule has 0 spiro atoms. The summed E-state index contributed by atoms with van der Waals surface area (Å²) in [6.07, 6.45) is 0. The molecule has 0 aliphatic carbocycles. The Kier molecular flexibility index (Phi) is 5.18. The first-order valence-corrected chi connectivity index (χ1v) is 16.2. The van der Waals surface area contributed by atoms with Crippen LogP contribution in [-0.4, -0.2) is 11.3 Å². The highest BCUT2D eigenvalue weighted by Crippen LogP contribution is 2.46. The highest BCUT2D eigenvalue weighted by molar-refractivity contribution is 6.99. The van der Waals surface area contributed by atoms with Gasteiger partial charge in [-0.1, -0.05) is 135 Å². The molecule has 8 aromatic rings. The molecule has 1 aromatic heterocycles. The summed E-state index contributed by atoms with van der Waals surface area (Å²) in [5.74, 6) is 0. The summed E-state index contributed by atoms with van der Waals surface area (Å²) in [7, 11) is 0. The Hall–Kier alpha value is -5.54. The second kappa shape index (κ2) is 9.25. The topological polar surface area (TPSA) is 8.17 Å². The summed E-state index contributed by atoms with van der Waals surface area (Å²) in [5.41, 5.74) is 12.9. The number of anilines is 3. The Labute approximate surface area is 269 Å². The van der Waals surface area contributed by atoms with Crippen LogP contribution in [0.3, 0.4) is 0 Å². The fraction of sp³-hybridized carbons (Fsp3) is 0.0698. The van der Waals surface area contributed by atoms with Crippen molar-refractivity contribution in [1.82, 2.24) is 4.57 Å². The van der Waals surface area contributed by atoms with Crippen molar-refractivity contribution < 1.29 is 0 Å². The molecule has 216 valence electrons. The van der Waals surface area contributed by atoms with Crippen molar-refractivity contribution in [1.29, 1.82) is 0 Å². The molecular weight excluding hydrogens is 555 g/mol. The molecule has 0 fully saturated rings. The molecule has 0 unspecified atom stereocenters. The molecule has 2 aliphatic heterocycles. The van der Waals surface area contributed by atoms with Crippen molar-refractivity contribution in [3.63, 3.8) is 0 Å². The number of nitrogens with zero attached hydrogens (tertiary/aromatic N) is 2. The molecule has 46 heavy (non-hydrogen) atoms. The van der Waals surface area contributed by atoms with Crippen LogP contribution in [-0.2, 0) is 5.41 Å². The van der Waals surface area contributed by atoms with E-state index in [0.717, 1.165) is 0 Å². The van der Waals surface area contributed by atoms with Gasteiger partial charge in [0.1, 0.15) is 0 Å². The molecule has 2 aliphatic rings. The fourth-order valence-electron chi connectivity index (χ4n) is 8.60. The zero-order chi connectivity index (χ0) is 30.6. The van der Waals surface area contributed by atoms with Gasteiger partial charge in [0, 0.05) is 33.5 Å². The number of fused-ring (bicyclic) bond motifs is 9. The van der Waals surface area contributed by atoms with Crippen LogP contribution >= 0.6 is 0 Å². The van der Waals surface area contributed by atoms with Gasteiger partial charge in [0.15, 0.2) is 0 Å². The van der Waals surface area contributed by atoms with Gasteiger partial charge >= 0.3 is 0 Å². The number of aromatic nitrogens is 1. The predicted molar refractivity (Wildman–Crippen MR) is 196 cm³/mol. The van der Waals surface area contributed by atoms with Crippen LogP contribution in [0.1, 0.15) is 25.0 Å². The number of hydrogen-bond donors (Lipinski definition) is 0. The maximum absolute atomic E-state index is 2.54. The van der Waals surface area contributed by atoms with Gasteiger partial charge in [0.2, 0.25) is 0 Å².